The van der Waals surface area contributed by atoms with Crippen molar-refractivity contribution >= 4 is 16.9 Å². The van der Waals surface area contributed by atoms with Crippen molar-refractivity contribution in [2.45, 2.75) is 6.42 Å². The SMILES string of the molecule is O=C(O)Cc1onc2ccccc12. The third-order valence-electron chi connectivity index (χ3n) is 1.77. The fraction of sp³-hybridized carbons (Fsp3) is 0.111. The number of fused-ring (bicyclic) bond motifs is 1. The van der Waals surface area contributed by atoms with Gasteiger partial charge in [-0.05, 0) is 12.1 Å². The summed E-state index contributed by atoms with van der Waals surface area (Å²) < 4.78 is 4.90. The van der Waals surface area contributed by atoms with Crippen molar-refractivity contribution < 1.29 is 14.4 Å². The molecule has 0 saturated carbocycles. The zero-order valence-corrected chi connectivity index (χ0v) is 6.73. The van der Waals surface area contributed by atoms with Gasteiger partial charge in [-0.3, -0.25) is 4.79 Å². The molecule has 0 radical (unpaired) electrons. The highest BCUT2D eigenvalue weighted by Crippen LogP contribution is 2.17. The molecule has 4 heteroatoms. The molecule has 4 nitrogen and oxygen atoms in total. The van der Waals surface area contributed by atoms with Crippen LogP contribution in [0.4, 0.5) is 0 Å². The molecule has 1 aromatic carbocycles. The van der Waals surface area contributed by atoms with Gasteiger partial charge in [-0.15, -0.1) is 0 Å². The molecule has 0 amide bonds. The zero-order chi connectivity index (χ0) is 9.26. The summed E-state index contributed by atoms with van der Waals surface area (Å²) in [5, 5.41) is 13.1. The van der Waals surface area contributed by atoms with Gasteiger partial charge in [0.25, 0.3) is 0 Å². The van der Waals surface area contributed by atoms with Crippen LogP contribution >= 0.6 is 0 Å². The lowest BCUT2D eigenvalue weighted by Crippen LogP contribution is -1.98. The van der Waals surface area contributed by atoms with Gasteiger partial charge in [-0.25, -0.2) is 0 Å². The van der Waals surface area contributed by atoms with Gasteiger partial charge >= 0.3 is 5.97 Å². The second kappa shape index (κ2) is 2.90. The molecule has 13 heavy (non-hydrogen) atoms. The van der Waals surface area contributed by atoms with Crippen LogP contribution in [-0.2, 0) is 11.2 Å². The number of hydrogen-bond acceptors (Lipinski definition) is 3. The highest BCUT2D eigenvalue weighted by atomic mass is 16.5. The van der Waals surface area contributed by atoms with E-state index in [-0.39, 0.29) is 6.42 Å². The first-order chi connectivity index (χ1) is 6.27. The first kappa shape index (κ1) is 7.79. The number of carboxylic acid groups (broad SMARTS) is 1. The van der Waals surface area contributed by atoms with Crippen molar-refractivity contribution in [2.24, 2.45) is 0 Å². The molecule has 0 saturated heterocycles. The molecule has 0 aliphatic rings. The van der Waals surface area contributed by atoms with Crippen molar-refractivity contribution in [2.75, 3.05) is 0 Å². The van der Waals surface area contributed by atoms with Gasteiger partial charge in [-0.2, -0.15) is 0 Å². The van der Waals surface area contributed by atoms with Crippen LogP contribution in [-0.4, -0.2) is 16.2 Å². The summed E-state index contributed by atoms with van der Waals surface area (Å²) in [5.74, 6) is -0.509. The lowest BCUT2D eigenvalue weighted by atomic mass is 10.2. The molecule has 1 heterocycles. The van der Waals surface area contributed by atoms with Crippen LogP contribution in [0.5, 0.6) is 0 Å². The Balaban J connectivity index is 2.51. The summed E-state index contributed by atoms with van der Waals surface area (Å²) in [5.41, 5.74) is 0.693. The molecule has 1 N–H and O–H groups in total. The molecule has 0 spiro atoms. The van der Waals surface area contributed by atoms with Crippen molar-refractivity contribution in [1.29, 1.82) is 0 Å². The molecule has 0 bridgehead atoms. The monoisotopic (exact) mass is 177 g/mol. The van der Waals surface area contributed by atoms with Gasteiger partial charge < -0.3 is 9.63 Å². The van der Waals surface area contributed by atoms with Crippen LogP contribution in [0, 0.1) is 0 Å². The maximum Gasteiger partial charge on any atom is 0.311 e. The van der Waals surface area contributed by atoms with E-state index in [1.165, 1.54) is 0 Å². The van der Waals surface area contributed by atoms with Crippen LogP contribution < -0.4 is 0 Å². The van der Waals surface area contributed by atoms with E-state index in [1.807, 2.05) is 12.1 Å². The maximum atomic E-state index is 10.4. The summed E-state index contributed by atoms with van der Waals surface area (Å²) in [7, 11) is 0. The summed E-state index contributed by atoms with van der Waals surface area (Å²) in [6.45, 7) is 0. The Bertz CT molecular complexity index is 447. The van der Waals surface area contributed by atoms with Crippen molar-refractivity contribution in [3.63, 3.8) is 0 Å². The highest BCUT2D eigenvalue weighted by Gasteiger charge is 2.10. The third-order valence-corrected chi connectivity index (χ3v) is 1.77. The molecule has 2 rings (SSSR count). The minimum absolute atomic E-state index is 0.124. The summed E-state index contributed by atoms with van der Waals surface area (Å²) in [4.78, 5) is 10.4. The van der Waals surface area contributed by atoms with Crippen LogP contribution in [0.1, 0.15) is 5.76 Å². The minimum atomic E-state index is -0.915. The van der Waals surface area contributed by atoms with Crippen LogP contribution in [0.15, 0.2) is 28.8 Å². The predicted molar refractivity (Wildman–Crippen MR) is 45.3 cm³/mol. The fourth-order valence-corrected chi connectivity index (χ4v) is 1.21. The first-order valence-corrected chi connectivity index (χ1v) is 3.82. The Morgan fingerprint density at radius 2 is 2.23 bits per heavy atom. The molecule has 0 atom stereocenters. The van der Waals surface area contributed by atoms with E-state index in [9.17, 15) is 4.79 Å². The van der Waals surface area contributed by atoms with Crippen LogP contribution in [0.25, 0.3) is 10.9 Å². The number of aliphatic carboxylic acids is 1. The van der Waals surface area contributed by atoms with Gasteiger partial charge in [0.1, 0.15) is 11.9 Å². The maximum absolute atomic E-state index is 10.4. The standard InChI is InChI=1S/C9H7NO3/c11-9(12)5-8-6-3-1-2-4-7(6)10-13-8/h1-4H,5H2,(H,11,12). The Morgan fingerprint density at radius 1 is 1.46 bits per heavy atom. The summed E-state index contributed by atoms with van der Waals surface area (Å²) >= 11 is 0. The quantitative estimate of drug-likeness (QED) is 0.754. The Morgan fingerprint density at radius 3 is 3.00 bits per heavy atom. The highest BCUT2D eigenvalue weighted by molar-refractivity contribution is 5.83. The van der Waals surface area contributed by atoms with E-state index >= 15 is 0 Å². The largest absolute Gasteiger partial charge is 0.481 e. The fourth-order valence-electron chi connectivity index (χ4n) is 1.21. The van der Waals surface area contributed by atoms with Gasteiger partial charge in [0.2, 0.25) is 0 Å². The molecule has 66 valence electrons. The van der Waals surface area contributed by atoms with Crippen molar-refractivity contribution in [1.82, 2.24) is 5.16 Å². The van der Waals surface area contributed by atoms with Gasteiger partial charge in [0.15, 0.2) is 5.76 Å². The second-order valence-electron chi connectivity index (χ2n) is 2.69. The average molecular weight is 177 g/mol. The van der Waals surface area contributed by atoms with Crippen LogP contribution in [0.2, 0.25) is 0 Å². The number of nitrogens with zero attached hydrogens (tertiary/aromatic N) is 1. The van der Waals surface area contributed by atoms with E-state index in [4.69, 9.17) is 9.63 Å². The number of carbonyl (C=O) groups is 1. The molecule has 0 unspecified atom stereocenters. The van der Waals surface area contributed by atoms with E-state index in [1.54, 1.807) is 12.1 Å². The van der Waals surface area contributed by atoms with Crippen molar-refractivity contribution in [3.8, 4) is 0 Å². The lowest BCUT2D eigenvalue weighted by molar-refractivity contribution is -0.136. The third kappa shape index (κ3) is 1.38. The number of aromatic nitrogens is 1. The van der Waals surface area contributed by atoms with Gasteiger partial charge in [0, 0.05) is 5.39 Å². The average Bonchev–Trinajstić information content (AvgIpc) is 2.48. The van der Waals surface area contributed by atoms with Gasteiger partial charge in [-0.1, -0.05) is 17.3 Å². The smallest absolute Gasteiger partial charge is 0.311 e. The normalized spacial score (nSPS) is 10.5. The zero-order valence-electron chi connectivity index (χ0n) is 6.73. The number of hydrogen-bond donors (Lipinski definition) is 1. The topological polar surface area (TPSA) is 63.3 Å². The predicted octanol–water partition coefficient (Wildman–Crippen LogP) is 1.45. The molecule has 0 fully saturated rings. The van der Waals surface area contributed by atoms with E-state index < -0.39 is 5.97 Å². The summed E-state index contributed by atoms with van der Waals surface area (Å²) in [6, 6.07) is 7.23. The molecular formula is C9H7NO3. The van der Waals surface area contributed by atoms with Gasteiger partial charge in [0.05, 0.1) is 0 Å². The number of carboxylic acids is 1. The second-order valence-corrected chi connectivity index (χ2v) is 2.69. The van der Waals surface area contributed by atoms with Crippen LogP contribution in [0.3, 0.4) is 0 Å². The molecular weight excluding hydrogens is 170 g/mol. The van der Waals surface area contributed by atoms with E-state index in [2.05, 4.69) is 5.16 Å². The first-order valence-electron chi connectivity index (χ1n) is 3.82. The Hall–Kier alpha value is -1.84. The molecule has 1 aromatic heterocycles. The molecule has 0 aliphatic heterocycles. The number of benzene rings is 1. The number of rotatable bonds is 2. The van der Waals surface area contributed by atoms with E-state index in [0.717, 1.165) is 5.39 Å². The van der Waals surface area contributed by atoms with E-state index in [0.29, 0.717) is 11.3 Å². The molecule has 0 aliphatic carbocycles. The minimum Gasteiger partial charge on any atom is -0.481 e. The van der Waals surface area contributed by atoms with Crippen molar-refractivity contribution in [3.05, 3.63) is 30.0 Å². The lowest BCUT2D eigenvalue weighted by Gasteiger charge is -1.88. The summed E-state index contributed by atoms with van der Waals surface area (Å²) in [6.07, 6.45) is -0.124. The molecule has 2 aromatic rings. The Kier molecular flexibility index (Phi) is 1.73. The Labute approximate surface area is 73.8 Å².